The van der Waals surface area contributed by atoms with Crippen molar-refractivity contribution in [2.24, 2.45) is 5.73 Å². The molecule has 2 N–H and O–H groups in total. The first kappa shape index (κ1) is 13.5. The van der Waals surface area contributed by atoms with Gasteiger partial charge in [-0.2, -0.15) is 0 Å². The highest BCUT2D eigenvalue weighted by Gasteiger charge is 2.14. The minimum Gasteiger partial charge on any atom is -0.496 e. The number of rotatable bonds is 4. The summed E-state index contributed by atoms with van der Waals surface area (Å²) in [6, 6.07) is 4.39. The SMILES string of the molecule is COc1ccc(F)cc1-c1nc(Br)c(CCN)s1. The molecule has 0 aliphatic heterocycles. The van der Waals surface area contributed by atoms with Crippen molar-refractivity contribution in [3.05, 3.63) is 33.5 Å². The minimum absolute atomic E-state index is 0.308. The van der Waals surface area contributed by atoms with Crippen LogP contribution in [0.5, 0.6) is 5.75 Å². The summed E-state index contributed by atoms with van der Waals surface area (Å²) in [5.41, 5.74) is 6.19. The number of halogens is 2. The fourth-order valence-corrected chi connectivity index (χ4v) is 3.31. The molecule has 0 atom stereocenters. The third kappa shape index (κ3) is 2.71. The topological polar surface area (TPSA) is 48.1 Å². The third-order valence-electron chi connectivity index (χ3n) is 2.41. The van der Waals surface area contributed by atoms with Crippen molar-refractivity contribution in [2.75, 3.05) is 13.7 Å². The van der Waals surface area contributed by atoms with Crippen LogP contribution >= 0.6 is 27.3 Å². The summed E-state index contributed by atoms with van der Waals surface area (Å²) in [5, 5.41) is 0.724. The zero-order chi connectivity index (χ0) is 13.1. The van der Waals surface area contributed by atoms with Crippen molar-refractivity contribution < 1.29 is 9.13 Å². The molecule has 1 heterocycles. The van der Waals surface area contributed by atoms with Crippen LogP contribution in [0.2, 0.25) is 0 Å². The van der Waals surface area contributed by atoms with Gasteiger partial charge in [-0.15, -0.1) is 11.3 Å². The molecular formula is C12H12BrFN2OS. The average Bonchev–Trinajstić information content (AvgIpc) is 2.71. The molecule has 1 aromatic carbocycles. The van der Waals surface area contributed by atoms with Crippen LogP contribution in [0.4, 0.5) is 4.39 Å². The molecule has 0 amide bonds. The summed E-state index contributed by atoms with van der Waals surface area (Å²) in [5.74, 6) is 0.300. The average molecular weight is 331 g/mol. The zero-order valence-electron chi connectivity index (χ0n) is 9.74. The fourth-order valence-electron chi connectivity index (χ4n) is 1.58. The van der Waals surface area contributed by atoms with E-state index in [1.54, 1.807) is 13.2 Å². The van der Waals surface area contributed by atoms with E-state index in [4.69, 9.17) is 10.5 Å². The standard InChI is InChI=1S/C12H12BrFN2OS/c1-17-9-3-2-7(14)6-8(9)12-16-11(13)10(18-12)4-5-15/h2-3,6H,4-5,15H2,1H3. The van der Waals surface area contributed by atoms with E-state index in [0.717, 1.165) is 20.9 Å². The van der Waals surface area contributed by atoms with E-state index in [9.17, 15) is 4.39 Å². The van der Waals surface area contributed by atoms with E-state index < -0.39 is 0 Å². The number of thiazole rings is 1. The zero-order valence-corrected chi connectivity index (χ0v) is 12.1. The van der Waals surface area contributed by atoms with Gasteiger partial charge in [0.15, 0.2) is 0 Å². The Morgan fingerprint density at radius 3 is 2.94 bits per heavy atom. The molecule has 0 fully saturated rings. The molecule has 0 saturated carbocycles. The molecule has 0 bridgehead atoms. The molecular weight excluding hydrogens is 319 g/mol. The Morgan fingerprint density at radius 1 is 1.50 bits per heavy atom. The van der Waals surface area contributed by atoms with E-state index in [2.05, 4.69) is 20.9 Å². The maximum atomic E-state index is 13.3. The summed E-state index contributed by atoms with van der Waals surface area (Å²) >= 11 is 4.88. The van der Waals surface area contributed by atoms with Gasteiger partial charge in [-0.05, 0) is 47.1 Å². The first-order valence-electron chi connectivity index (χ1n) is 5.35. The molecule has 1 aromatic heterocycles. The number of methoxy groups -OCH3 is 1. The number of hydrogen-bond donors (Lipinski definition) is 1. The second-order valence-corrected chi connectivity index (χ2v) is 5.45. The fraction of sp³-hybridized carbons (Fsp3) is 0.250. The van der Waals surface area contributed by atoms with Gasteiger partial charge in [0, 0.05) is 4.88 Å². The molecule has 18 heavy (non-hydrogen) atoms. The van der Waals surface area contributed by atoms with Crippen molar-refractivity contribution in [1.82, 2.24) is 4.98 Å². The molecule has 0 saturated heterocycles. The van der Waals surface area contributed by atoms with Gasteiger partial charge in [-0.1, -0.05) is 0 Å². The van der Waals surface area contributed by atoms with Crippen LogP contribution in [0.25, 0.3) is 10.6 Å². The lowest BCUT2D eigenvalue weighted by Gasteiger charge is -2.05. The van der Waals surface area contributed by atoms with Gasteiger partial charge in [-0.25, -0.2) is 9.37 Å². The van der Waals surface area contributed by atoms with Gasteiger partial charge in [0.05, 0.1) is 12.7 Å². The van der Waals surface area contributed by atoms with E-state index in [1.165, 1.54) is 23.5 Å². The van der Waals surface area contributed by atoms with Gasteiger partial charge < -0.3 is 10.5 Å². The third-order valence-corrected chi connectivity index (χ3v) is 4.48. The van der Waals surface area contributed by atoms with Crippen molar-refractivity contribution >= 4 is 27.3 Å². The quantitative estimate of drug-likeness (QED) is 0.936. The molecule has 0 radical (unpaired) electrons. The van der Waals surface area contributed by atoms with Gasteiger partial charge in [-0.3, -0.25) is 0 Å². The van der Waals surface area contributed by atoms with Gasteiger partial charge in [0.25, 0.3) is 0 Å². The Morgan fingerprint density at radius 2 is 2.28 bits per heavy atom. The maximum absolute atomic E-state index is 13.3. The van der Waals surface area contributed by atoms with Crippen LogP contribution in [0.15, 0.2) is 22.8 Å². The second kappa shape index (κ2) is 5.77. The molecule has 0 spiro atoms. The van der Waals surface area contributed by atoms with Gasteiger partial charge >= 0.3 is 0 Å². The summed E-state index contributed by atoms with van der Waals surface area (Å²) in [6.45, 7) is 0.556. The normalized spacial score (nSPS) is 10.7. The van der Waals surface area contributed by atoms with Gasteiger partial charge in [0.2, 0.25) is 0 Å². The molecule has 2 rings (SSSR count). The lowest BCUT2D eigenvalue weighted by Crippen LogP contribution is -2.01. The molecule has 0 unspecified atom stereocenters. The molecule has 6 heteroatoms. The lowest BCUT2D eigenvalue weighted by molar-refractivity contribution is 0.415. The number of benzene rings is 1. The minimum atomic E-state index is -0.308. The van der Waals surface area contributed by atoms with Crippen molar-refractivity contribution in [2.45, 2.75) is 6.42 Å². The Kier molecular flexibility index (Phi) is 4.31. The number of aromatic nitrogens is 1. The predicted octanol–water partition coefficient (Wildman–Crippen LogP) is 3.22. The maximum Gasteiger partial charge on any atom is 0.129 e. The van der Waals surface area contributed by atoms with Crippen LogP contribution in [0, 0.1) is 5.82 Å². The van der Waals surface area contributed by atoms with E-state index in [0.29, 0.717) is 17.9 Å². The Bertz CT molecular complexity index is 559. The highest BCUT2D eigenvalue weighted by molar-refractivity contribution is 9.10. The lowest BCUT2D eigenvalue weighted by atomic mass is 10.2. The second-order valence-electron chi connectivity index (χ2n) is 3.62. The Hall–Kier alpha value is -0.980. The number of ether oxygens (including phenoxy) is 1. The smallest absolute Gasteiger partial charge is 0.129 e. The van der Waals surface area contributed by atoms with E-state index >= 15 is 0 Å². The van der Waals surface area contributed by atoms with Crippen molar-refractivity contribution in [3.63, 3.8) is 0 Å². The first-order valence-corrected chi connectivity index (χ1v) is 6.96. The van der Waals surface area contributed by atoms with Crippen molar-refractivity contribution in [3.8, 4) is 16.3 Å². The van der Waals surface area contributed by atoms with Gasteiger partial charge in [0.1, 0.15) is 21.2 Å². The predicted molar refractivity (Wildman–Crippen MR) is 74.5 cm³/mol. The summed E-state index contributed by atoms with van der Waals surface area (Å²) in [4.78, 5) is 5.44. The molecule has 0 aliphatic rings. The summed E-state index contributed by atoms with van der Waals surface area (Å²) < 4.78 is 19.3. The summed E-state index contributed by atoms with van der Waals surface area (Å²) in [6.07, 6.45) is 0.746. The first-order chi connectivity index (χ1) is 8.65. The number of hydrogen-bond acceptors (Lipinski definition) is 4. The molecule has 2 aromatic rings. The molecule has 96 valence electrons. The van der Waals surface area contributed by atoms with Crippen LogP contribution in [-0.2, 0) is 6.42 Å². The monoisotopic (exact) mass is 330 g/mol. The number of nitrogens with two attached hydrogens (primary N) is 1. The Balaban J connectivity index is 2.47. The van der Waals surface area contributed by atoms with Crippen LogP contribution in [-0.4, -0.2) is 18.6 Å². The molecule has 3 nitrogen and oxygen atoms in total. The highest BCUT2D eigenvalue weighted by Crippen LogP contribution is 2.36. The van der Waals surface area contributed by atoms with Crippen molar-refractivity contribution in [1.29, 1.82) is 0 Å². The van der Waals surface area contributed by atoms with Crippen LogP contribution in [0.1, 0.15) is 4.88 Å². The number of nitrogens with zero attached hydrogens (tertiary/aromatic N) is 1. The Labute approximate surface area is 117 Å². The van der Waals surface area contributed by atoms with Crippen LogP contribution < -0.4 is 10.5 Å². The molecule has 0 aliphatic carbocycles. The summed E-state index contributed by atoms with van der Waals surface area (Å²) in [7, 11) is 1.56. The van der Waals surface area contributed by atoms with Crippen LogP contribution in [0.3, 0.4) is 0 Å². The highest BCUT2D eigenvalue weighted by atomic mass is 79.9. The largest absolute Gasteiger partial charge is 0.496 e. The van der Waals surface area contributed by atoms with E-state index in [-0.39, 0.29) is 5.82 Å². The van der Waals surface area contributed by atoms with E-state index in [1.807, 2.05) is 0 Å².